The lowest BCUT2D eigenvalue weighted by atomic mass is 9.95. The minimum Gasteiger partial charge on any atom is -0.340 e. The molecule has 1 heterocycles. The Balaban J connectivity index is 2.55. The summed E-state index contributed by atoms with van der Waals surface area (Å²) in [5.41, 5.74) is 0. The summed E-state index contributed by atoms with van der Waals surface area (Å²) in [7, 11) is 4.10. The molecular formula is C15H31N3O. The number of rotatable bonds is 6. The van der Waals surface area contributed by atoms with Crippen LogP contribution in [0.2, 0.25) is 0 Å². The zero-order valence-electron chi connectivity index (χ0n) is 13.4. The first-order valence-electron chi connectivity index (χ1n) is 7.59. The maximum Gasteiger partial charge on any atom is 0.227 e. The number of carbonyl (C=O) groups excluding carboxylic acids is 1. The summed E-state index contributed by atoms with van der Waals surface area (Å²) in [4.78, 5) is 19.3. The van der Waals surface area contributed by atoms with Gasteiger partial charge in [0.1, 0.15) is 0 Å². The van der Waals surface area contributed by atoms with Gasteiger partial charge in [0, 0.05) is 32.7 Å². The second-order valence-corrected chi connectivity index (χ2v) is 6.35. The molecule has 0 spiro atoms. The topological polar surface area (TPSA) is 26.8 Å². The highest BCUT2D eigenvalue weighted by Gasteiger charge is 2.27. The lowest BCUT2D eigenvalue weighted by molar-refractivity contribution is -0.138. The molecule has 0 aliphatic carbocycles. The molecule has 1 unspecified atom stereocenters. The van der Waals surface area contributed by atoms with Crippen LogP contribution < -0.4 is 0 Å². The van der Waals surface area contributed by atoms with Gasteiger partial charge in [-0.25, -0.2) is 0 Å². The minimum atomic E-state index is 0.156. The van der Waals surface area contributed by atoms with Crippen molar-refractivity contribution in [2.45, 2.75) is 27.2 Å². The molecule has 1 saturated heterocycles. The van der Waals surface area contributed by atoms with E-state index < -0.39 is 0 Å². The van der Waals surface area contributed by atoms with Crippen molar-refractivity contribution in [1.82, 2.24) is 14.7 Å². The van der Waals surface area contributed by atoms with Crippen LogP contribution in [0.15, 0.2) is 0 Å². The van der Waals surface area contributed by atoms with Crippen molar-refractivity contribution in [2.24, 2.45) is 11.8 Å². The van der Waals surface area contributed by atoms with Gasteiger partial charge in [0.2, 0.25) is 5.91 Å². The lowest BCUT2D eigenvalue weighted by Crippen LogP contribution is -2.51. The molecule has 19 heavy (non-hydrogen) atoms. The third-order valence-corrected chi connectivity index (χ3v) is 3.82. The molecule has 1 aliphatic rings. The molecular weight excluding hydrogens is 238 g/mol. The van der Waals surface area contributed by atoms with E-state index in [1.165, 1.54) is 0 Å². The smallest absolute Gasteiger partial charge is 0.227 e. The van der Waals surface area contributed by atoms with Gasteiger partial charge in [-0.2, -0.15) is 0 Å². The summed E-state index contributed by atoms with van der Waals surface area (Å²) in [6.07, 6.45) is 0.991. The van der Waals surface area contributed by atoms with Crippen LogP contribution in [-0.2, 0) is 4.79 Å². The predicted molar refractivity (Wildman–Crippen MR) is 80.2 cm³/mol. The number of hydrogen-bond acceptors (Lipinski definition) is 3. The van der Waals surface area contributed by atoms with E-state index in [1.54, 1.807) is 0 Å². The molecule has 0 aromatic heterocycles. The summed E-state index contributed by atoms with van der Waals surface area (Å²) in [5.74, 6) is 1.09. The number of nitrogens with zero attached hydrogens (tertiary/aromatic N) is 3. The molecule has 0 aromatic carbocycles. The molecule has 1 rings (SSSR count). The largest absolute Gasteiger partial charge is 0.340 e. The van der Waals surface area contributed by atoms with Crippen molar-refractivity contribution in [3.05, 3.63) is 0 Å². The van der Waals surface area contributed by atoms with E-state index in [0.29, 0.717) is 11.8 Å². The van der Waals surface area contributed by atoms with Gasteiger partial charge in [0.05, 0.1) is 5.92 Å². The van der Waals surface area contributed by atoms with Gasteiger partial charge in [-0.15, -0.1) is 0 Å². The van der Waals surface area contributed by atoms with Crippen LogP contribution >= 0.6 is 0 Å². The van der Waals surface area contributed by atoms with Crippen molar-refractivity contribution in [2.75, 3.05) is 53.4 Å². The van der Waals surface area contributed by atoms with E-state index in [2.05, 4.69) is 49.6 Å². The first-order valence-corrected chi connectivity index (χ1v) is 7.59. The maximum absolute atomic E-state index is 12.6. The van der Waals surface area contributed by atoms with Crippen molar-refractivity contribution in [3.63, 3.8) is 0 Å². The summed E-state index contributed by atoms with van der Waals surface area (Å²) in [6.45, 7) is 12.4. The van der Waals surface area contributed by atoms with Crippen molar-refractivity contribution >= 4 is 5.91 Å². The quantitative estimate of drug-likeness (QED) is 0.729. The third-order valence-electron chi connectivity index (χ3n) is 3.82. The highest BCUT2D eigenvalue weighted by atomic mass is 16.2. The van der Waals surface area contributed by atoms with Gasteiger partial charge in [0.25, 0.3) is 0 Å². The average Bonchev–Trinajstić information content (AvgIpc) is 2.36. The van der Waals surface area contributed by atoms with Crippen LogP contribution in [0.3, 0.4) is 0 Å². The summed E-state index contributed by atoms with van der Waals surface area (Å²) in [6, 6.07) is 0. The zero-order valence-corrected chi connectivity index (χ0v) is 13.4. The lowest BCUT2D eigenvalue weighted by Gasteiger charge is -2.36. The Hall–Kier alpha value is -0.610. The highest BCUT2D eigenvalue weighted by Crippen LogP contribution is 2.17. The van der Waals surface area contributed by atoms with Crippen molar-refractivity contribution in [3.8, 4) is 0 Å². The van der Waals surface area contributed by atoms with E-state index in [4.69, 9.17) is 0 Å². The summed E-state index contributed by atoms with van der Waals surface area (Å²) in [5, 5.41) is 0. The third kappa shape index (κ3) is 5.49. The van der Waals surface area contributed by atoms with Gasteiger partial charge in [-0.1, -0.05) is 20.8 Å². The SMILES string of the molecule is CCN1CCN(C(=O)C(CC(C)C)CN(C)C)CC1. The average molecular weight is 269 g/mol. The Morgan fingerprint density at radius 2 is 1.74 bits per heavy atom. The van der Waals surface area contributed by atoms with Crippen LogP contribution in [0.1, 0.15) is 27.2 Å². The number of amides is 1. The molecule has 1 atom stereocenters. The second kappa shape index (κ2) is 7.85. The molecule has 112 valence electrons. The normalized spacial score (nSPS) is 19.2. The van der Waals surface area contributed by atoms with Crippen LogP contribution in [0.5, 0.6) is 0 Å². The first-order chi connectivity index (χ1) is 8.93. The molecule has 0 N–H and O–H groups in total. The predicted octanol–water partition coefficient (Wildman–Crippen LogP) is 1.37. The Bertz CT molecular complexity index is 261. The minimum absolute atomic E-state index is 0.156. The Kier molecular flexibility index (Phi) is 6.80. The standard InChI is InChI=1S/C15H31N3O/c1-6-17-7-9-18(10-8-17)15(19)14(11-13(2)3)12-16(4)5/h13-14H,6-12H2,1-5H3. The van der Waals surface area contributed by atoms with Crippen LogP contribution in [-0.4, -0.2) is 74.0 Å². The van der Waals surface area contributed by atoms with Crippen molar-refractivity contribution in [1.29, 1.82) is 0 Å². The van der Waals surface area contributed by atoms with E-state index in [1.807, 2.05) is 0 Å². The van der Waals surface area contributed by atoms with E-state index in [9.17, 15) is 4.79 Å². The van der Waals surface area contributed by atoms with Gasteiger partial charge < -0.3 is 14.7 Å². The number of piperazine rings is 1. The fourth-order valence-corrected chi connectivity index (χ4v) is 2.81. The second-order valence-electron chi connectivity index (χ2n) is 6.35. The molecule has 4 nitrogen and oxygen atoms in total. The number of carbonyl (C=O) groups is 1. The first kappa shape index (κ1) is 16.4. The molecule has 1 amide bonds. The highest BCUT2D eigenvalue weighted by molar-refractivity contribution is 5.79. The van der Waals surface area contributed by atoms with E-state index in [-0.39, 0.29) is 5.92 Å². The number of hydrogen-bond donors (Lipinski definition) is 0. The summed E-state index contributed by atoms with van der Waals surface area (Å²) >= 11 is 0. The van der Waals surface area contributed by atoms with Crippen LogP contribution in [0, 0.1) is 11.8 Å². The van der Waals surface area contributed by atoms with Crippen LogP contribution in [0.25, 0.3) is 0 Å². The van der Waals surface area contributed by atoms with Crippen molar-refractivity contribution < 1.29 is 4.79 Å². The molecule has 0 saturated carbocycles. The molecule has 4 heteroatoms. The van der Waals surface area contributed by atoms with Gasteiger partial charge in [-0.3, -0.25) is 4.79 Å². The Morgan fingerprint density at radius 3 is 2.16 bits per heavy atom. The number of likely N-dealkylation sites (N-methyl/N-ethyl adjacent to an activating group) is 1. The Labute approximate surface area is 118 Å². The molecule has 0 aromatic rings. The molecule has 1 aliphatic heterocycles. The maximum atomic E-state index is 12.6. The molecule has 0 bridgehead atoms. The van der Waals surface area contributed by atoms with Gasteiger partial charge in [0.15, 0.2) is 0 Å². The van der Waals surface area contributed by atoms with E-state index >= 15 is 0 Å². The fraction of sp³-hybridized carbons (Fsp3) is 0.933. The van der Waals surface area contributed by atoms with E-state index in [0.717, 1.165) is 45.7 Å². The Morgan fingerprint density at radius 1 is 1.16 bits per heavy atom. The molecule has 0 radical (unpaired) electrons. The summed E-state index contributed by atoms with van der Waals surface area (Å²) < 4.78 is 0. The molecule has 1 fully saturated rings. The zero-order chi connectivity index (χ0) is 14.4. The fourth-order valence-electron chi connectivity index (χ4n) is 2.81. The van der Waals surface area contributed by atoms with Gasteiger partial charge in [-0.05, 0) is 33.0 Å². The van der Waals surface area contributed by atoms with Crippen LogP contribution in [0.4, 0.5) is 0 Å². The monoisotopic (exact) mass is 269 g/mol. The van der Waals surface area contributed by atoms with Gasteiger partial charge >= 0.3 is 0 Å².